The number of pyridine rings is 1. The highest BCUT2D eigenvalue weighted by molar-refractivity contribution is 7.84. The number of aliphatic carboxylic acids is 1. The molecule has 1 aromatic rings. The minimum Gasteiger partial charge on any atom is -0.481 e. The predicted molar refractivity (Wildman–Crippen MR) is 72.7 cm³/mol. The highest BCUT2D eigenvalue weighted by Gasteiger charge is 2.21. The molecule has 0 fully saturated rings. The van der Waals surface area contributed by atoms with Gasteiger partial charge >= 0.3 is 5.97 Å². The second-order valence-corrected chi connectivity index (χ2v) is 5.52. The van der Waals surface area contributed by atoms with Crippen molar-refractivity contribution in [2.75, 3.05) is 12.9 Å². The Morgan fingerprint density at radius 1 is 1.50 bits per heavy atom. The van der Waals surface area contributed by atoms with Gasteiger partial charge in [-0.05, 0) is 6.07 Å². The van der Waals surface area contributed by atoms with Crippen molar-refractivity contribution in [1.29, 1.82) is 0 Å². The molecule has 1 rings (SSSR count). The van der Waals surface area contributed by atoms with E-state index in [-0.39, 0.29) is 11.5 Å². The third-order valence-electron chi connectivity index (χ3n) is 2.33. The maximum absolute atomic E-state index is 11.9. The number of carboxylic acid groups (broad SMARTS) is 1. The van der Waals surface area contributed by atoms with Crippen molar-refractivity contribution in [2.45, 2.75) is 18.7 Å². The predicted octanol–water partition coefficient (Wildman–Crippen LogP) is -0.0718. The molecule has 110 valence electrons. The van der Waals surface area contributed by atoms with Gasteiger partial charge in [0, 0.05) is 23.8 Å². The topological polar surface area (TPSA) is 106 Å². The first-order chi connectivity index (χ1) is 9.42. The van der Waals surface area contributed by atoms with Crippen molar-refractivity contribution in [3.8, 4) is 5.88 Å². The lowest BCUT2D eigenvalue weighted by Crippen LogP contribution is -2.43. The fraction of sp³-hybridized carbons (Fsp3) is 0.417. The number of carboxylic acids is 1. The van der Waals surface area contributed by atoms with E-state index >= 15 is 0 Å². The molecule has 2 unspecified atom stereocenters. The summed E-state index contributed by atoms with van der Waals surface area (Å²) in [6.45, 7) is 1.21. The molecule has 2 atom stereocenters. The number of carbonyl (C=O) groups is 2. The molecule has 0 radical (unpaired) electrons. The van der Waals surface area contributed by atoms with Crippen LogP contribution in [-0.2, 0) is 26.1 Å². The van der Waals surface area contributed by atoms with E-state index in [2.05, 4.69) is 10.3 Å². The van der Waals surface area contributed by atoms with Crippen LogP contribution < -0.4 is 10.1 Å². The van der Waals surface area contributed by atoms with Crippen LogP contribution in [0.5, 0.6) is 5.88 Å². The third-order valence-corrected chi connectivity index (χ3v) is 3.65. The molecule has 1 heterocycles. The molecule has 0 aliphatic carbocycles. The molecule has 0 aromatic carbocycles. The van der Waals surface area contributed by atoms with Gasteiger partial charge in [-0.3, -0.25) is 9.00 Å². The zero-order chi connectivity index (χ0) is 15.1. The zero-order valence-corrected chi connectivity index (χ0v) is 12.0. The lowest BCUT2D eigenvalue weighted by molar-refractivity contribution is -0.140. The van der Waals surface area contributed by atoms with Gasteiger partial charge in [-0.1, -0.05) is 6.07 Å². The highest BCUT2D eigenvalue weighted by atomic mass is 32.2. The summed E-state index contributed by atoms with van der Waals surface area (Å²) in [4.78, 5) is 25.9. The standard InChI is InChI=1S/C12H16N2O5S/c1-8(15)13-10(12(16)17)7-20(18)6-9-4-3-5-11(14-9)19-2/h3-5,10H,6-7H2,1-2H3,(H,13,15)(H,16,17). The molecule has 0 bridgehead atoms. The molecule has 0 saturated carbocycles. The number of carbonyl (C=O) groups excluding carboxylic acids is 1. The van der Waals surface area contributed by atoms with Crippen molar-refractivity contribution in [2.24, 2.45) is 0 Å². The van der Waals surface area contributed by atoms with Gasteiger partial charge in [-0.15, -0.1) is 0 Å². The Balaban J connectivity index is 2.65. The zero-order valence-electron chi connectivity index (χ0n) is 11.2. The molecule has 0 aliphatic heterocycles. The van der Waals surface area contributed by atoms with Crippen LogP contribution in [0.25, 0.3) is 0 Å². The van der Waals surface area contributed by atoms with Crippen LogP contribution >= 0.6 is 0 Å². The quantitative estimate of drug-likeness (QED) is 0.730. The molecule has 0 spiro atoms. The van der Waals surface area contributed by atoms with E-state index in [0.717, 1.165) is 0 Å². The number of aromatic nitrogens is 1. The molecule has 1 aromatic heterocycles. The fourth-order valence-electron chi connectivity index (χ4n) is 1.48. The SMILES string of the molecule is COc1cccc(CS(=O)CC(NC(C)=O)C(=O)O)n1. The van der Waals surface area contributed by atoms with E-state index in [9.17, 15) is 13.8 Å². The number of nitrogens with zero attached hydrogens (tertiary/aromatic N) is 1. The Labute approximate surface area is 118 Å². The van der Waals surface area contributed by atoms with Crippen LogP contribution in [0.2, 0.25) is 0 Å². The van der Waals surface area contributed by atoms with Gasteiger partial charge in [0.1, 0.15) is 6.04 Å². The van der Waals surface area contributed by atoms with Gasteiger partial charge in [0.2, 0.25) is 11.8 Å². The lowest BCUT2D eigenvalue weighted by Gasteiger charge is -2.12. The largest absolute Gasteiger partial charge is 0.481 e. The van der Waals surface area contributed by atoms with E-state index in [1.54, 1.807) is 18.2 Å². The smallest absolute Gasteiger partial charge is 0.327 e. The summed E-state index contributed by atoms with van der Waals surface area (Å²) in [6.07, 6.45) is 0. The van der Waals surface area contributed by atoms with E-state index in [4.69, 9.17) is 9.84 Å². The van der Waals surface area contributed by atoms with Crippen molar-refractivity contribution in [1.82, 2.24) is 10.3 Å². The monoisotopic (exact) mass is 300 g/mol. The number of ether oxygens (including phenoxy) is 1. The minimum absolute atomic E-state index is 0.0978. The van der Waals surface area contributed by atoms with Gasteiger partial charge in [-0.25, -0.2) is 9.78 Å². The summed E-state index contributed by atoms with van der Waals surface area (Å²) in [7, 11) is 0.0106. The first-order valence-corrected chi connectivity index (χ1v) is 7.26. The number of rotatable bonds is 7. The van der Waals surface area contributed by atoms with Crippen LogP contribution in [0.4, 0.5) is 0 Å². The Morgan fingerprint density at radius 3 is 2.75 bits per heavy atom. The Morgan fingerprint density at radius 2 is 2.20 bits per heavy atom. The van der Waals surface area contributed by atoms with Crippen molar-refractivity contribution < 1.29 is 23.6 Å². The Kier molecular flexibility index (Phi) is 6.10. The van der Waals surface area contributed by atoms with Crippen LogP contribution in [0, 0.1) is 0 Å². The first kappa shape index (κ1) is 16.1. The number of hydrogen-bond donors (Lipinski definition) is 2. The number of methoxy groups -OCH3 is 1. The molecular weight excluding hydrogens is 284 g/mol. The van der Waals surface area contributed by atoms with Crippen LogP contribution in [0.1, 0.15) is 12.6 Å². The molecule has 0 saturated heterocycles. The molecule has 8 heteroatoms. The second-order valence-electron chi connectivity index (χ2n) is 4.01. The highest BCUT2D eigenvalue weighted by Crippen LogP contribution is 2.09. The summed E-state index contributed by atoms with van der Waals surface area (Å²) in [5.41, 5.74) is 0.537. The number of nitrogens with one attached hydrogen (secondary N) is 1. The van der Waals surface area contributed by atoms with Crippen LogP contribution in [0.3, 0.4) is 0 Å². The molecule has 2 N–H and O–H groups in total. The molecule has 20 heavy (non-hydrogen) atoms. The van der Waals surface area contributed by atoms with Gasteiger partial charge in [0.05, 0.1) is 24.3 Å². The Bertz CT molecular complexity index is 520. The lowest BCUT2D eigenvalue weighted by atomic mass is 10.3. The van der Waals surface area contributed by atoms with Crippen LogP contribution in [-0.4, -0.2) is 45.1 Å². The van der Waals surface area contributed by atoms with Gasteiger partial charge in [0.25, 0.3) is 0 Å². The van der Waals surface area contributed by atoms with Gasteiger partial charge in [-0.2, -0.15) is 0 Å². The summed E-state index contributed by atoms with van der Waals surface area (Å²) in [5.74, 6) is -1.37. The third kappa shape index (κ3) is 5.35. The average Bonchev–Trinajstić information content (AvgIpc) is 2.37. The minimum atomic E-state index is -1.46. The number of hydrogen-bond acceptors (Lipinski definition) is 5. The number of amides is 1. The molecule has 0 aliphatic rings. The summed E-state index contributed by atoms with van der Waals surface area (Å²) in [5, 5.41) is 11.2. The average molecular weight is 300 g/mol. The van der Waals surface area contributed by atoms with Crippen molar-refractivity contribution in [3.05, 3.63) is 23.9 Å². The van der Waals surface area contributed by atoms with E-state index in [0.29, 0.717) is 11.6 Å². The van der Waals surface area contributed by atoms with Crippen molar-refractivity contribution >= 4 is 22.7 Å². The van der Waals surface area contributed by atoms with E-state index in [1.807, 2.05) is 0 Å². The summed E-state index contributed by atoms with van der Waals surface area (Å²) < 4.78 is 16.9. The second kappa shape index (κ2) is 7.59. The fourth-order valence-corrected chi connectivity index (χ4v) is 2.69. The summed E-state index contributed by atoms with van der Waals surface area (Å²) in [6, 6.07) is 3.87. The van der Waals surface area contributed by atoms with E-state index in [1.165, 1.54) is 14.0 Å². The van der Waals surface area contributed by atoms with Crippen LogP contribution in [0.15, 0.2) is 18.2 Å². The molecule has 7 nitrogen and oxygen atoms in total. The molecule has 1 amide bonds. The van der Waals surface area contributed by atoms with Crippen molar-refractivity contribution in [3.63, 3.8) is 0 Å². The first-order valence-electron chi connectivity index (χ1n) is 5.77. The van der Waals surface area contributed by atoms with Gasteiger partial charge < -0.3 is 15.2 Å². The summed E-state index contributed by atoms with van der Waals surface area (Å²) >= 11 is 0. The van der Waals surface area contributed by atoms with Gasteiger partial charge in [0.15, 0.2) is 0 Å². The maximum atomic E-state index is 11.9. The normalized spacial score (nSPS) is 13.3. The Hall–Kier alpha value is -1.96. The maximum Gasteiger partial charge on any atom is 0.327 e. The molecular formula is C12H16N2O5S. The van der Waals surface area contributed by atoms with E-state index < -0.39 is 28.7 Å².